The topological polar surface area (TPSA) is 149 Å². The highest BCUT2D eigenvalue weighted by molar-refractivity contribution is 5.67. The monoisotopic (exact) mass is 1120 g/mol. The third-order valence-corrected chi connectivity index (χ3v) is 13.5. The molecule has 0 atom stereocenters. The lowest BCUT2D eigenvalue weighted by atomic mass is 10.1. The van der Waals surface area contributed by atoms with Crippen LogP contribution < -0.4 is 0 Å². The second-order valence-corrected chi connectivity index (χ2v) is 21.6. The summed E-state index contributed by atoms with van der Waals surface area (Å²) < 4.78 is 0. The van der Waals surface area contributed by atoms with Crippen molar-refractivity contribution in [2.75, 3.05) is 0 Å². The lowest BCUT2D eigenvalue weighted by Gasteiger charge is -1.99. The molecule has 0 aromatic heterocycles. The van der Waals surface area contributed by atoms with E-state index in [4.69, 9.17) is 20.4 Å². The number of carbonyl (C=O) groups is 4. The smallest absolute Gasteiger partial charge is 0.303 e. The van der Waals surface area contributed by atoms with Gasteiger partial charge in [-0.3, -0.25) is 19.2 Å². The van der Waals surface area contributed by atoms with Crippen molar-refractivity contribution < 1.29 is 39.6 Å². The molecule has 8 heteroatoms. The average molecular weight is 1120 g/mol. The molecule has 0 radical (unpaired) electrons. The molecule has 80 heavy (non-hydrogen) atoms. The molecule has 0 saturated heterocycles. The lowest BCUT2D eigenvalue weighted by molar-refractivity contribution is -0.138. The molecule has 0 saturated carbocycles. The molecule has 4 N–H and O–H groups in total. The van der Waals surface area contributed by atoms with Crippen molar-refractivity contribution in [2.24, 2.45) is 0 Å². The van der Waals surface area contributed by atoms with E-state index in [9.17, 15) is 19.2 Å². The number of hydrogen-bond donors (Lipinski definition) is 4. The van der Waals surface area contributed by atoms with Crippen molar-refractivity contribution in [1.82, 2.24) is 0 Å². The van der Waals surface area contributed by atoms with Gasteiger partial charge in [-0.1, -0.05) is 285 Å². The number of carboxylic acids is 4. The zero-order valence-electron chi connectivity index (χ0n) is 52.6. The van der Waals surface area contributed by atoms with Crippen molar-refractivity contribution in [2.45, 2.75) is 336 Å². The highest BCUT2D eigenvalue weighted by atomic mass is 16.4. The van der Waals surface area contributed by atoms with Crippen LogP contribution in [-0.2, 0) is 19.2 Å². The van der Waals surface area contributed by atoms with Crippen molar-refractivity contribution in [1.29, 1.82) is 0 Å². The molecular formula is C72H128O8. The highest BCUT2D eigenvalue weighted by Gasteiger charge is 1.99. The fraction of sp³-hybridized carbons (Fsp3) is 0.722. The largest absolute Gasteiger partial charge is 0.481 e. The summed E-state index contributed by atoms with van der Waals surface area (Å²) in [7, 11) is 0. The molecule has 0 aromatic rings. The first-order valence-electron chi connectivity index (χ1n) is 33.2. The van der Waals surface area contributed by atoms with E-state index in [-0.39, 0.29) is 0 Å². The first kappa shape index (κ1) is 82.3. The molecule has 0 aliphatic rings. The Bertz CT molecular complexity index is 1510. The van der Waals surface area contributed by atoms with Gasteiger partial charge in [-0.25, -0.2) is 0 Å². The Morgan fingerprint density at radius 1 is 0.200 bits per heavy atom. The highest BCUT2D eigenvalue weighted by Crippen LogP contribution is 2.13. The number of unbranched alkanes of at least 4 members (excludes halogenated alkanes) is 36. The molecule has 0 rings (SSSR count). The lowest BCUT2D eigenvalue weighted by Crippen LogP contribution is -1.93. The zero-order chi connectivity index (χ0) is 59.6. The standard InChI is InChI=1S/4C18H32O2/c4*1-2-3-4-5-6-7-8-9-10-11-12-13-14-15-16-17-18(19)20/h8-11H,2-7,12-17H2,1H3,(H,19,20);7-10H,2-6,11-17H2,1H3,(H,19,20);6-9H,2-5,10-17H2,1H3,(H,19,20);5-8H,2-4,9-17H2,1H3,(H,19,20)/b9-8-,11-10+;8-7+,10-9-;7-6-,9-8+;6-5+,8-7-. The predicted molar refractivity (Wildman–Crippen MR) is 348 cm³/mol. The fourth-order valence-corrected chi connectivity index (χ4v) is 8.42. The minimum absolute atomic E-state index is 0.316. The van der Waals surface area contributed by atoms with Gasteiger partial charge in [0, 0.05) is 25.7 Å². The van der Waals surface area contributed by atoms with Gasteiger partial charge in [-0.05, 0) is 122 Å². The molecule has 0 aliphatic heterocycles. The van der Waals surface area contributed by atoms with Crippen molar-refractivity contribution in [3.8, 4) is 0 Å². The maximum atomic E-state index is 10.3. The van der Waals surface area contributed by atoms with Crippen LogP contribution in [0.5, 0.6) is 0 Å². The van der Waals surface area contributed by atoms with Crippen LogP contribution in [-0.4, -0.2) is 44.3 Å². The molecule has 0 unspecified atom stereocenters. The van der Waals surface area contributed by atoms with E-state index in [1.807, 2.05) is 0 Å². The van der Waals surface area contributed by atoms with Crippen LogP contribution in [0.4, 0.5) is 0 Å². The SMILES string of the molecule is CCCC/C=C/C=C\CCCCCCCCCC(=O)O.CCCCC/C=C\C=C\CCCCCCCCC(=O)O.CCCCCC/C=C/C=C\CCCCCCCC(=O)O.CCCCCCC/C=C\C=C\CCCCCCC(=O)O. The van der Waals surface area contributed by atoms with E-state index in [2.05, 4.69) is 125 Å². The molecule has 8 nitrogen and oxygen atoms in total. The van der Waals surface area contributed by atoms with Gasteiger partial charge in [0.05, 0.1) is 0 Å². The average Bonchev–Trinajstić information content (AvgIpc) is 3.43. The van der Waals surface area contributed by atoms with Crippen LogP contribution in [0.3, 0.4) is 0 Å². The maximum absolute atomic E-state index is 10.3. The quantitative estimate of drug-likeness (QED) is 0.0347. The Morgan fingerprint density at radius 3 is 0.537 bits per heavy atom. The van der Waals surface area contributed by atoms with Gasteiger partial charge in [0.2, 0.25) is 0 Å². The van der Waals surface area contributed by atoms with Crippen LogP contribution in [0.25, 0.3) is 0 Å². The zero-order valence-corrected chi connectivity index (χ0v) is 52.6. The van der Waals surface area contributed by atoms with E-state index in [0.717, 1.165) is 83.5 Å². The van der Waals surface area contributed by atoms with Crippen LogP contribution in [0.15, 0.2) is 97.2 Å². The van der Waals surface area contributed by atoms with Crippen molar-refractivity contribution in [3.05, 3.63) is 97.2 Å². The summed E-state index contributed by atoms with van der Waals surface area (Å²) in [6.07, 6.45) is 89.1. The predicted octanol–water partition coefficient (Wildman–Crippen LogP) is 23.5. The van der Waals surface area contributed by atoms with E-state index in [0.29, 0.717) is 25.7 Å². The number of hydrogen-bond acceptors (Lipinski definition) is 4. The molecule has 464 valence electrons. The molecule has 0 spiro atoms. The summed E-state index contributed by atoms with van der Waals surface area (Å²) in [5, 5.41) is 34.0. The Balaban J connectivity index is -0.000000481. The Hall–Kier alpha value is -4.20. The normalized spacial score (nSPS) is 11.7. The summed E-state index contributed by atoms with van der Waals surface area (Å²) in [5.74, 6) is -2.68. The van der Waals surface area contributed by atoms with Gasteiger partial charge < -0.3 is 20.4 Å². The second kappa shape index (κ2) is 79.0. The van der Waals surface area contributed by atoms with Gasteiger partial charge in [-0.15, -0.1) is 0 Å². The van der Waals surface area contributed by atoms with Crippen LogP contribution in [0.1, 0.15) is 336 Å². The molecule has 0 heterocycles. The number of aliphatic carboxylic acids is 4. The number of rotatable bonds is 56. The van der Waals surface area contributed by atoms with E-state index in [1.165, 1.54) is 199 Å². The molecule has 0 fully saturated rings. The van der Waals surface area contributed by atoms with Crippen LogP contribution >= 0.6 is 0 Å². The molecule has 0 aromatic carbocycles. The molecular weight excluding hydrogens is 993 g/mol. The third-order valence-electron chi connectivity index (χ3n) is 13.5. The van der Waals surface area contributed by atoms with Gasteiger partial charge in [0.25, 0.3) is 0 Å². The van der Waals surface area contributed by atoms with E-state index >= 15 is 0 Å². The first-order chi connectivity index (χ1) is 39.1. The van der Waals surface area contributed by atoms with Gasteiger partial charge in [-0.2, -0.15) is 0 Å². The van der Waals surface area contributed by atoms with Crippen molar-refractivity contribution in [3.63, 3.8) is 0 Å². The van der Waals surface area contributed by atoms with Gasteiger partial charge in [0.1, 0.15) is 0 Å². The summed E-state index contributed by atoms with van der Waals surface area (Å²) >= 11 is 0. The second-order valence-electron chi connectivity index (χ2n) is 21.6. The van der Waals surface area contributed by atoms with E-state index < -0.39 is 23.9 Å². The first-order valence-corrected chi connectivity index (χ1v) is 33.2. The summed E-state index contributed by atoms with van der Waals surface area (Å²) in [5.41, 5.74) is 0. The molecule has 0 amide bonds. The Labute approximate surface area is 494 Å². The van der Waals surface area contributed by atoms with Crippen LogP contribution in [0, 0.1) is 0 Å². The van der Waals surface area contributed by atoms with Gasteiger partial charge in [0.15, 0.2) is 0 Å². The summed E-state index contributed by atoms with van der Waals surface area (Å²) in [4.78, 5) is 41.3. The molecule has 0 bridgehead atoms. The number of carboxylic acid groups (broad SMARTS) is 4. The summed E-state index contributed by atoms with van der Waals surface area (Å²) in [6.45, 7) is 8.94. The summed E-state index contributed by atoms with van der Waals surface area (Å²) in [6, 6.07) is 0. The minimum Gasteiger partial charge on any atom is -0.481 e. The number of allylic oxidation sites excluding steroid dienone is 16. The minimum atomic E-state index is -0.676. The Kier molecular flexibility index (Phi) is 81.3. The van der Waals surface area contributed by atoms with Crippen LogP contribution in [0.2, 0.25) is 0 Å². The third kappa shape index (κ3) is 96.1. The van der Waals surface area contributed by atoms with Crippen molar-refractivity contribution >= 4 is 23.9 Å². The molecule has 0 aliphatic carbocycles. The fourth-order valence-electron chi connectivity index (χ4n) is 8.42. The Morgan fingerprint density at radius 2 is 0.338 bits per heavy atom. The maximum Gasteiger partial charge on any atom is 0.303 e. The van der Waals surface area contributed by atoms with Gasteiger partial charge >= 0.3 is 23.9 Å². The van der Waals surface area contributed by atoms with E-state index in [1.54, 1.807) is 0 Å².